The van der Waals surface area contributed by atoms with E-state index in [-0.39, 0.29) is 11.9 Å². The maximum Gasteiger partial charge on any atom is 0.338 e. The maximum atomic E-state index is 11.7. The minimum absolute atomic E-state index is 0.282. The topological polar surface area (TPSA) is 68.5 Å². The summed E-state index contributed by atoms with van der Waals surface area (Å²) in [5, 5.41) is 2.68. The molecule has 0 radical (unpaired) electrons. The molecule has 21 heavy (non-hydrogen) atoms. The summed E-state index contributed by atoms with van der Waals surface area (Å²) in [6, 6.07) is 9.98. The molecule has 1 N–H and O–H groups in total. The lowest BCUT2D eigenvalue weighted by atomic mass is 10.2. The second kappa shape index (κ2) is 7.09. The van der Waals surface area contributed by atoms with Crippen molar-refractivity contribution in [3.63, 3.8) is 0 Å². The summed E-state index contributed by atoms with van der Waals surface area (Å²) in [5.74, 6) is -0.0637. The second-order valence-corrected chi connectivity index (χ2v) is 4.14. The van der Waals surface area contributed by atoms with E-state index in [4.69, 9.17) is 9.15 Å². The van der Waals surface area contributed by atoms with Crippen LogP contribution in [0.3, 0.4) is 0 Å². The molecule has 0 atom stereocenters. The number of carbonyl (C=O) groups excluding carboxylic acids is 2. The molecule has 0 unspecified atom stereocenters. The van der Waals surface area contributed by atoms with Crippen molar-refractivity contribution < 1.29 is 18.7 Å². The van der Waals surface area contributed by atoms with Crippen LogP contribution in [-0.2, 0) is 9.53 Å². The summed E-state index contributed by atoms with van der Waals surface area (Å²) in [5.41, 5.74) is 1.04. The van der Waals surface area contributed by atoms with Gasteiger partial charge in [-0.3, -0.25) is 4.79 Å². The van der Waals surface area contributed by atoms with E-state index in [1.807, 2.05) is 0 Å². The highest BCUT2D eigenvalue weighted by molar-refractivity contribution is 6.02. The van der Waals surface area contributed by atoms with Crippen LogP contribution in [0.15, 0.2) is 53.2 Å². The molecule has 0 saturated carbocycles. The summed E-state index contributed by atoms with van der Waals surface area (Å²) < 4.78 is 9.96. The van der Waals surface area contributed by atoms with Crippen LogP contribution in [0.5, 0.6) is 0 Å². The van der Waals surface area contributed by atoms with Gasteiger partial charge in [-0.05, 0) is 49.4 Å². The normalized spacial score (nSPS) is 10.5. The Hall–Kier alpha value is -2.82. The van der Waals surface area contributed by atoms with Crippen LogP contribution in [0.1, 0.15) is 23.0 Å². The molecule has 108 valence electrons. The van der Waals surface area contributed by atoms with Crippen LogP contribution in [0.2, 0.25) is 0 Å². The number of nitrogens with one attached hydrogen (secondary N) is 1. The fourth-order valence-electron chi connectivity index (χ4n) is 1.63. The summed E-state index contributed by atoms with van der Waals surface area (Å²) in [7, 11) is 0. The molecule has 0 fully saturated rings. The number of carbonyl (C=O) groups is 2. The minimum Gasteiger partial charge on any atom is -0.465 e. The summed E-state index contributed by atoms with van der Waals surface area (Å²) >= 11 is 0. The predicted octanol–water partition coefficient (Wildman–Crippen LogP) is 3.11. The number of rotatable bonds is 5. The van der Waals surface area contributed by atoms with Gasteiger partial charge in [0.05, 0.1) is 18.4 Å². The molecule has 1 heterocycles. The van der Waals surface area contributed by atoms with Crippen LogP contribution in [0.25, 0.3) is 6.08 Å². The van der Waals surface area contributed by atoms with Gasteiger partial charge in [0.15, 0.2) is 0 Å². The molecular weight excluding hydrogens is 270 g/mol. The van der Waals surface area contributed by atoms with E-state index in [9.17, 15) is 9.59 Å². The van der Waals surface area contributed by atoms with E-state index < -0.39 is 0 Å². The van der Waals surface area contributed by atoms with Crippen molar-refractivity contribution >= 4 is 23.6 Å². The largest absolute Gasteiger partial charge is 0.465 e. The first-order chi connectivity index (χ1) is 10.2. The van der Waals surface area contributed by atoms with Gasteiger partial charge in [-0.15, -0.1) is 0 Å². The third-order valence-corrected chi connectivity index (χ3v) is 2.61. The number of amides is 1. The number of anilines is 1. The van der Waals surface area contributed by atoms with Gasteiger partial charge in [-0.1, -0.05) is 0 Å². The van der Waals surface area contributed by atoms with Crippen LogP contribution < -0.4 is 5.32 Å². The monoisotopic (exact) mass is 285 g/mol. The molecule has 0 aliphatic rings. The Kier molecular flexibility index (Phi) is 4.93. The van der Waals surface area contributed by atoms with Gasteiger partial charge in [0.1, 0.15) is 5.76 Å². The zero-order valence-electron chi connectivity index (χ0n) is 11.5. The van der Waals surface area contributed by atoms with Crippen molar-refractivity contribution in [3.8, 4) is 0 Å². The summed E-state index contributed by atoms with van der Waals surface area (Å²) in [4.78, 5) is 23.2. The Morgan fingerprint density at radius 2 is 2.00 bits per heavy atom. The number of hydrogen-bond acceptors (Lipinski definition) is 4. The molecule has 2 aromatic rings. The Morgan fingerprint density at radius 1 is 1.24 bits per heavy atom. The van der Waals surface area contributed by atoms with Crippen LogP contribution in [-0.4, -0.2) is 18.5 Å². The zero-order valence-corrected chi connectivity index (χ0v) is 11.5. The van der Waals surface area contributed by atoms with E-state index in [0.29, 0.717) is 23.6 Å². The molecule has 1 aromatic heterocycles. The van der Waals surface area contributed by atoms with Crippen molar-refractivity contribution in [2.75, 3.05) is 11.9 Å². The molecular formula is C16H15NO4. The van der Waals surface area contributed by atoms with Crippen molar-refractivity contribution in [1.82, 2.24) is 0 Å². The molecule has 2 rings (SSSR count). The molecule has 0 spiro atoms. The number of hydrogen-bond donors (Lipinski definition) is 1. The number of furan rings is 1. The first-order valence-corrected chi connectivity index (χ1v) is 6.49. The number of benzene rings is 1. The molecule has 0 bridgehead atoms. The second-order valence-electron chi connectivity index (χ2n) is 4.14. The fourth-order valence-corrected chi connectivity index (χ4v) is 1.63. The molecule has 0 aliphatic carbocycles. The van der Waals surface area contributed by atoms with E-state index >= 15 is 0 Å². The third-order valence-electron chi connectivity index (χ3n) is 2.61. The van der Waals surface area contributed by atoms with E-state index in [0.717, 1.165) is 0 Å². The molecule has 5 heteroatoms. The van der Waals surface area contributed by atoms with Gasteiger partial charge in [-0.2, -0.15) is 0 Å². The quantitative estimate of drug-likeness (QED) is 0.677. The molecule has 1 aromatic carbocycles. The zero-order chi connectivity index (χ0) is 15.1. The van der Waals surface area contributed by atoms with Gasteiger partial charge in [0, 0.05) is 11.8 Å². The first-order valence-electron chi connectivity index (χ1n) is 6.49. The van der Waals surface area contributed by atoms with E-state index in [1.54, 1.807) is 49.4 Å². The van der Waals surface area contributed by atoms with Crippen molar-refractivity contribution in [1.29, 1.82) is 0 Å². The maximum absolute atomic E-state index is 11.7. The Morgan fingerprint density at radius 3 is 2.62 bits per heavy atom. The lowest BCUT2D eigenvalue weighted by Gasteiger charge is -2.04. The van der Waals surface area contributed by atoms with Crippen LogP contribution >= 0.6 is 0 Å². The molecule has 1 amide bonds. The summed E-state index contributed by atoms with van der Waals surface area (Å²) in [6.07, 6.45) is 4.48. The highest BCUT2D eigenvalue weighted by atomic mass is 16.5. The highest BCUT2D eigenvalue weighted by Gasteiger charge is 2.06. The molecule has 0 saturated heterocycles. The average Bonchev–Trinajstić information content (AvgIpc) is 2.99. The molecule has 0 aliphatic heterocycles. The third kappa shape index (κ3) is 4.35. The van der Waals surface area contributed by atoms with E-state index in [2.05, 4.69) is 5.32 Å². The van der Waals surface area contributed by atoms with Crippen molar-refractivity contribution in [3.05, 3.63) is 60.1 Å². The van der Waals surface area contributed by atoms with E-state index in [1.165, 1.54) is 12.3 Å². The lowest BCUT2D eigenvalue weighted by molar-refractivity contribution is -0.111. The van der Waals surface area contributed by atoms with Crippen LogP contribution in [0.4, 0.5) is 5.69 Å². The van der Waals surface area contributed by atoms with Gasteiger partial charge in [0.25, 0.3) is 0 Å². The first kappa shape index (κ1) is 14.6. The van der Waals surface area contributed by atoms with Gasteiger partial charge in [-0.25, -0.2) is 4.79 Å². The Labute approximate surface area is 122 Å². The predicted molar refractivity (Wildman–Crippen MR) is 78.8 cm³/mol. The van der Waals surface area contributed by atoms with Gasteiger partial charge < -0.3 is 14.5 Å². The van der Waals surface area contributed by atoms with Gasteiger partial charge >= 0.3 is 5.97 Å². The number of esters is 1. The lowest BCUT2D eigenvalue weighted by Crippen LogP contribution is -2.08. The van der Waals surface area contributed by atoms with Gasteiger partial charge in [0.2, 0.25) is 5.91 Å². The Balaban J connectivity index is 1.94. The standard InChI is InChI=1S/C16H15NO4/c1-2-20-16(19)12-5-7-13(8-6-12)17-15(18)10-9-14-4-3-11-21-14/h3-11H,2H2,1H3,(H,17,18). The van der Waals surface area contributed by atoms with Crippen molar-refractivity contribution in [2.24, 2.45) is 0 Å². The molecule has 5 nitrogen and oxygen atoms in total. The average molecular weight is 285 g/mol. The fraction of sp³-hybridized carbons (Fsp3) is 0.125. The smallest absolute Gasteiger partial charge is 0.338 e. The minimum atomic E-state index is -0.381. The number of ether oxygens (including phenoxy) is 1. The van der Waals surface area contributed by atoms with Crippen molar-refractivity contribution in [2.45, 2.75) is 6.92 Å². The SMILES string of the molecule is CCOC(=O)c1ccc(NC(=O)C=Cc2ccco2)cc1. The Bertz CT molecular complexity index is 627. The summed E-state index contributed by atoms with van der Waals surface area (Å²) in [6.45, 7) is 2.08. The van der Waals surface area contributed by atoms with Crippen LogP contribution in [0, 0.1) is 0 Å². The highest BCUT2D eigenvalue weighted by Crippen LogP contribution is 2.11.